The molecule has 0 aliphatic carbocycles. The number of hydrogen-bond donors (Lipinski definition) is 1. The molecule has 33 heavy (non-hydrogen) atoms. The third-order valence-corrected chi connectivity index (χ3v) is 8.15. The van der Waals surface area contributed by atoms with Gasteiger partial charge >= 0.3 is 0 Å². The van der Waals surface area contributed by atoms with Gasteiger partial charge in [0, 0.05) is 19.5 Å². The number of benzene rings is 2. The first-order valence-electron chi connectivity index (χ1n) is 11.6. The second kappa shape index (κ2) is 9.73. The summed E-state index contributed by atoms with van der Waals surface area (Å²) in [4.78, 5) is 13.0. The van der Waals surface area contributed by atoms with E-state index in [2.05, 4.69) is 5.32 Å². The molecule has 0 bridgehead atoms. The van der Waals surface area contributed by atoms with Crippen LogP contribution in [0.15, 0.2) is 47.4 Å². The zero-order chi connectivity index (χ0) is 23.5. The van der Waals surface area contributed by atoms with Crippen molar-refractivity contribution >= 4 is 15.9 Å². The highest BCUT2D eigenvalue weighted by Gasteiger charge is 2.27. The third kappa shape index (κ3) is 5.50. The quantitative estimate of drug-likeness (QED) is 0.665. The van der Waals surface area contributed by atoms with Gasteiger partial charge in [-0.1, -0.05) is 24.6 Å². The molecule has 0 saturated carbocycles. The number of aryl methyl sites for hydroxylation is 1. The van der Waals surface area contributed by atoms with Crippen LogP contribution in [0.2, 0.25) is 0 Å². The van der Waals surface area contributed by atoms with Crippen LogP contribution in [0, 0.1) is 0 Å². The number of nitrogens with one attached hydrogen (secondary N) is 1. The van der Waals surface area contributed by atoms with Crippen LogP contribution >= 0.6 is 0 Å². The summed E-state index contributed by atoms with van der Waals surface area (Å²) < 4.78 is 38.4. The van der Waals surface area contributed by atoms with E-state index in [0.717, 1.165) is 36.1 Å². The van der Waals surface area contributed by atoms with E-state index in [0.29, 0.717) is 49.8 Å². The number of ether oxygens (including phenoxy) is 2. The lowest BCUT2D eigenvalue weighted by Gasteiger charge is -2.29. The van der Waals surface area contributed by atoms with Gasteiger partial charge in [0.2, 0.25) is 15.9 Å². The van der Waals surface area contributed by atoms with Gasteiger partial charge in [-0.25, -0.2) is 8.42 Å². The number of fused-ring (bicyclic) bond motifs is 1. The van der Waals surface area contributed by atoms with Crippen LogP contribution in [-0.4, -0.2) is 44.9 Å². The van der Waals surface area contributed by atoms with Crippen LogP contribution in [-0.2, 0) is 26.8 Å². The fraction of sp³-hybridized carbons (Fsp3) is 0.480. The lowest BCUT2D eigenvalue weighted by Crippen LogP contribution is -2.41. The molecule has 2 aliphatic rings. The van der Waals surface area contributed by atoms with Crippen molar-refractivity contribution in [1.82, 2.24) is 9.62 Å². The number of amides is 1. The second-order valence-electron chi connectivity index (χ2n) is 9.14. The Hall–Kier alpha value is -2.58. The minimum absolute atomic E-state index is 0.0695. The molecule has 2 aromatic carbocycles. The molecule has 1 saturated heterocycles. The highest BCUT2D eigenvalue weighted by molar-refractivity contribution is 7.89. The Morgan fingerprint density at radius 1 is 0.970 bits per heavy atom. The van der Waals surface area contributed by atoms with Gasteiger partial charge in [0.25, 0.3) is 0 Å². The highest BCUT2D eigenvalue weighted by Crippen LogP contribution is 2.34. The average Bonchev–Trinajstić information content (AvgIpc) is 2.83. The van der Waals surface area contributed by atoms with Gasteiger partial charge in [-0.05, 0) is 68.5 Å². The number of nitrogens with zero attached hydrogens (tertiary/aromatic N) is 1. The van der Waals surface area contributed by atoms with Crippen molar-refractivity contribution in [3.8, 4) is 11.5 Å². The maximum atomic E-state index is 12.8. The molecule has 4 rings (SSSR count). The van der Waals surface area contributed by atoms with E-state index in [4.69, 9.17) is 9.47 Å². The molecule has 2 heterocycles. The van der Waals surface area contributed by atoms with E-state index in [1.807, 2.05) is 32.0 Å². The molecule has 1 N–H and O–H groups in total. The fourth-order valence-electron chi connectivity index (χ4n) is 4.26. The van der Waals surface area contributed by atoms with Gasteiger partial charge in [-0.3, -0.25) is 4.79 Å². The number of carbonyl (C=O) groups is 1. The van der Waals surface area contributed by atoms with E-state index in [1.165, 1.54) is 0 Å². The summed E-state index contributed by atoms with van der Waals surface area (Å²) in [5, 5.41) is 3.09. The van der Waals surface area contributed by atoms with E-state index in [-0.39, 0.29) is 5.91 Å². The number of carbonyl (C=O) groups excluding carboxylic acids is 1. The minimum atomic E-state index is -3.44. The number of piperidine rings is 1. The van der Waals surface area contributed by atoms with E-state index in [1.54, 1.807) is 28.6 Å². The zero-order valence-corrected chi connectivity index (χ0v) is 20.1. The number of rotatable bonds is 7. The van der Waals surface area contributed by atoms with Crippen LogP contribution in [0.4, 0.5) is 0 Å². The van der Waals surface area contributed by atoms with Crippen molar-refractivity contribution in [2.75, 3.05) is 26.3 Å². The lowest BCUT2D eigenvalue weighted by molar-refractivity contribution is -0.122. The average molecular weight is 473 g/mol. The summed E-state index contributed by atoms with van der Waals surface area (Å²) in [6.45, 7) is 6.14. The Balaban J connectivity index is 1.34. The maximum Gasteiger partial charge on any atom is 0.243 e. The predicted molar refractivity (Wildman–Crippen MR) is 126 cm³/mol. The summed E-state index contributed by atoms with van der Waals surface area (Å²) in [5.74, 6) is 1.35. The van der Waals surface area contributed by atoms with E-state index in [9.17, 15) is 13.2 Å². The Morgan fingerprint density at radius 2 is 1.64 bits per heavy atom. The Bertz CT molecular complexity index is 1090. The highest BCUT2D eigenvalue weighted by atomic mass is 32.2. The molecule has 0 unspecified atom stereocenters. The lowest BCUT2D eigenvalue weighted by atomic mass is 9.93. The van der Waals surface area contributed by atoms with E-state index < -0.39 is 15.6 Å². The van der Waals surface area contributed by atoms with Crippen molar-refractivity contribution < 1.29 is 22.7 Å². The van der Waals surface area contributed by atoms with Crippen LogP contribution in [0.25, 0.3) is 0 Å². The first kappa shape index (κ1) is 23.6. The van der Waals surface area contributed by atoms with Crippen molar-refractivity contribution in [3.05, 3.63) is 53.6 Å². The second-order valence-corrected chi connectivity index (χ2v) is 11.1. The predicted octanol–water partition coefficient (Wildman–Crippen LogP) is 3.62. The van der Waals surface area contributed by atoms with Crippen LogP contribution in [0.5, 0.6) is 11.5 Å². The zero-order valence-electron chi connectivity index (χ0n) is 19.3. The maximum absolute atomic E-state index is 12.8. The minimum Gasteiger partial charge on any atom is -0.486 e. The number of hydrogen-bond acceptors (Lipinski definition) is 5. The molecule has 1 fully saturated rings. The summed E-state index contributed by atoms with van der Waals surface area (Å²) in [7, 11) is -3.44. The largest absolute Gasteiger partial charge is 0.486 e. The van der Waals surface area contributed by atoms with Gasteiger partial charge in [0.1, 0.15) is 13.2 Å². The van der Waals surface area contributed by atoms with Crippen molar-refractivity contribution in [2.45, 2.75) is 56.4 Å². The SMILES string of the molecule is CC(C)(NC(=O)CCc1ccc(S(=O)(=O)N2CCCCC2)cc1)c1ccc2c(c1)OCCO2. The molecular formula is C25H32N2O5S. The van der Waals surface area contributed by atoms with Crippen molar-refractivity contribution in [3.63, 3.8) is 0 Å². The molecule has 7 nitrogen and oxygen atoms in total. The summed E-state index contributed by atoms with van der Waals surface area (Å²) in [5.41, 5.74) is 1.30. The molecule has 2 aliphatic heterocycles. The van der Waals surface area contributed by atoms with Crippen LogP contribution in [0.1, 0.15) is 50.7 Å². The molecule has 0 aromatic heterocycles. The smallest absolute Gasteiger partial charge is 0.243 e. The summed E-state index contributed by atoms with van der Waals surface area (Å²) >= 11 is 0. The van der Waals surface area contributed by atoms with Gasteiger partial charge in [-0.15, -0.1) is 0 Å². The fourth-order valence-corrected chi connectivity index (χ4v) is 5.77. The van der Waals surface area contributed by atoms with Gasteiger partial charge in [0.05, 0.1) is 10.4 Å². The standard InChI is InChI=1S/C25H32N2O5S/c1-25(2,20-9-12-22-23(18-20)32-17-16-31-22)26-24(28)13-8-19-6-10-21(11-7-19)33(29,30)27-14-4-3-5-15-27/h6-7,9-12,18H,3-5,8,13-17H2,1-2H3,(H,26,28). The van der Waals surface area contributed by atoms with Crippen molar-refractivity contribution in [1.29, 1.82) is 0 Å². The molecule has 0 radical (unpaired) electrons. The summed E-state index contributed by atoms with van der Waals surface area (Å²) in [6, 6.07) is 12.6. The van der Waals surface area contributed by atoms with Gasteiger partial charge in [-0.2, -0.15) is 4.31 Å². The van der Waals surface area contributed by atoms with Gasteiger partial charge < -0.3 is 14.8 Å². The summed E-state index contributed by atoms with van der Waals surface area (Å²) in [6.07, 6.45) is 3.75. The Labute approximate surface area is 196 Å². The van der Waals surface area contributed by atoms with Crippen LogP contribution in [0.3, 0.4) is 0 Å². The number of sulfonamides is 1. The van der Waals surface area contributed by atoms with Crippen LogP contribution < -0.4 is 14.8 Å². The molecule has 0 atom stereocenters. The topological polar surface area (TPSA) is 84.9 Å². The monoisotopic (exact) mass is 472 g/mol. The third-order valence-electron chi connectivity index (χ3n) is 6.23. The van der Waals surface area contributed by atoms with Crippen molar-refractivity contribution in [2.24, 2.45) is 0 Å². The molecule has 178 valence electrons. The molecule has 1 amide bonds. The molecular weight excluding hydrogens is 440 g/mol. The normalized spacial score (nSPS) is 16.9. The molecule has 8 heteroatoms. The Kier molecular flexibility index (Phi) is 6.95. The molecule has 2 aromatic rings. The first-order chi connectivity index (χ1) is 15.8. The Morgan fingerprint density at radius 3 is 2.33 bits per heavy atom. The van der Waals surface area contributed by atoms with Gasteiger partial charge in [0.15, 0.2) is 11.5 Å². The van der Waals surface area contributed by atoms with E-state index >= 15 is 0 Å². The first-order valence-corrected chi connectivity index (χ1v) is 13.0. The molecule has 0 spiro atoms.